The van der Waals surface area contributed by atoms with Crippen LogP contribution in [0.2, 0.25) is 0 Å². The van der Waals surface area contributed by atoms with Crippen molar-refractivity contribution >= 4 is 5.95 Å². The van der Waals surface area contributed by atoms with E-state index >= 15 is 0 Å². The van der Waals surface area contributed by atoms with E-state index in [1.807, 2.05) is 13.0 Å². The second kappa shape index (κ2) is 6.12. The Labute approximate surface area is 126 Å². The summed E-state index contributed by atoms with van der Waals surface area (Å²) < 4.78 is 5.87. The van der Waals surface area contributed by atoms with Gasteiger partial charge in [0.25, 0.3) is 0 Å². The van der Waals surface area contributed by atoms with Gasteiger partial charge >= 0.3 is 0 Å². The van der Waals surface area contributed by atoms with E-state index in [-0.39, 0.29) is 5.41 Å². The molecule has 112 valence electrons. The molecule has 1 aromatic heterocycles. The lowest BCUT2D eigenvalue weighted by Crippen LogP contribution is -2.11. The van der Waals surface area contributed by atoms with Gasteiger partial charge in [0.1, 0.15) is 5.75 Å². The molecule has 0 spiro atoms. The molecule has 1 heterocycles. The van der Waals surface area contributed by atoms with Gasteiger partial charge in [0.2, 0.25) is 11.8 Å². The summed E-state index contributed by atoms with van der Waals surface area (Å²) in [6, 6.07) is 8.04. The molecule has 0 bridgehead atoms. The third-order valence-electron chi connectivity index (χ3n) is 3.22. The fourth-order valence-electron chi connectivity index (χ4n) is 1.99. The molecule has 0 unspecified atom stereocenters. The van der Waals surface area contributed by atoms with Crippen molar-refractivity contribution in [3.63, 3.8) is 0 Å². The highest BCUT2D eigenvalue weighted by Gasteiger charge is 2.15. The Bertz CT molecular complexity index is 618. The molecule has 21 heavy (non-hydrogen) atoms. The number of nitrogens with zero attached hydrogens (tertiary/aromatic N) is 2. The molecule has 0 aliphatic carbocycles. The van der Waals surface area contributed by atoms with Crippen LogP contribution in [0.15, 0.2) is 30.5 Å². The number of hydrogen-bond acceptors (Lipinski definition) is 4. The minimum Gasteiger partial charge on any atom is -0.439 e. The van der Waals surface area contributed by atoms with Crippen molar-refractivity contribution in [1.29, 1.82) is 0 Å². The average molecular weight is 285 g/mol. The van der Waals surface area contributed by atoms with E-state index in [1.165, 1.54) is 5.56 Å². The maximum atomic E-state index is 5.87. The molecule has 0 saturated heterocycles. The first-order valence-corrected chi connectivity index (χ1v) is 7.26. The molecule has 4 heteroatoms. The third kappa shape index (κ3) is 3.94. The van der Waals surface area contributed by atoms with Crippen molar-refractivity contribution in [2.24, 2.45) is 0 Å². The second-order valence-electron chi connectivity index (χ2n) is 6.08. The molecule has 2 aromatic rings. The summed E-state index contributed by atoms with van der Waals surface area (Å²) in [5.41, 5.74) is 2.53. The zero-order valence-electron chi connectivity index (χ0n) is 13.4. The summed E-state index contributed by atoms with van der Waals surface area (Å²) in [7, 11) is 0. The Kier molecular flexibility index (Phi) is 4.46. The van der Waals surface area contributed by atoms with Crippen molar-refractivity contribution in [2.45, 2.75) is 40.0 Å². The highest BCUT2D eigenvalue weighted by atomic mass is 16.5. The van der Waals surface area contributed by atoms with E-state index in [0.29, 0.717) is 11.8 Å². The van der Waals surface area contributed by atoms with Crippen LogP contribution >= 0.6 is 0 Å². The van der Waals surface area contributed by atoms with Crippen LogP contribution in [-0.2, 0) is 5.41 Å². The van der Waals surface area contributed by atoms with E-state index in [4.69, 9.17) is 4.74 Å². The maximum Gasteiger partial charge on any atom is 0.225 e. The van der Waals surface area contributed by atoms with Crippen LogP contribution in [0.5, 0.6) is 11.6 Å². The van der Waals surface area contributed by atoms with Crippen molar-refractivity contribution < 1.29 is 4.74 Å². The topological polar surface area (TPSA) is 47.0 Å². The zero-order chi connectivity index (χ0) is 15.5. The molecule has 1 aromatic carbocycles. The van der Waals surface area contributed by atoms with Crippen molar-refractivity contribution in [3.8, 4) is 11.6 Å². The van der Waals surface area contributed by atoms with Gasteiger partial charge in [-0.2, -0.15) is 4.98 Å². The Morgan fingerprint density at radius 2 is 1.95 bits per heavy atom. The van der Waals surface area contributed by atoms with Gasteiger partial charge in [0.05, 0.1) is 0 Å². The maximum absolute atomic E-state index is 5.87. The Hall–Kier alpha value is -2.10. The normalized spacial score (nSPS) is 11.3. The molecule has 4 nitrogen and oxygen atoms in total. The Balaban J connectivity index is 2.22. The molecule has 0 fully saturated rings. The van der Waals surface area contributed by atoms with Crippen LogP contribution in [0.25, 0.3) is 0 Å². The summed E-state index contributed by atoms with van der Waals surface area (Å²) in [5.74, 6) is 1.95. The fourth-order valence-corrected chi connectivity index (χ4v) is 1.99. The molecular formula is C17H23N3O. The number of hydrogen-bond donors (Lipinski definition) is 1. The van der Waals surface area contributed by atoms with Crippen LogP contribution in [0.4, 0.5) is 5.95 Å². The molecule has 2 rings (SSSR count). The van der Waals surface area contributed by atoms with Gasteiger partial charge in [-0.05, 0) is 36.5 Å². The highest BCUT2D eigenvalue weighted by Crippen LogP contribution is 2.29. The lowest BCUT2D eigenvalue weighted by atomic mass is 9.86. The lowest BCUT2D eigenvalue weighted by Gasteiger charge is -2.20. The number of ether oxygens (including phenoxy) is 1. The van der Waals surface area contributed by atoms with Crippen LogP contribution in [0.1, 0.15) is 38.8 Å². The van der Waals surface area contributed by atoms with Crippen molar-refractivity contribution in [1.82, 2.24) is 9.97 Å². The first kappa shape index (κ1) is 15.3. The van der Waals surface area contributed by atoms with Gasteiger partial charge in [0.15, 0.2) is 0 Å². The van der Waals surface area contributed by atoms with Crippen LogP contribution in [0, 0.1) is 6.92 Å². The molecule has 0 radical (unpaired) electrons. The Morgan fingerprint density at radius 3 is 2.57 bits per heavy atom. The van der Waals surface area contributed by atoms with E-state index < -0.39 is 0 Å². The summed E-state index contributed by atoms with van der Waals surface area (Å²) in [4.78, 5) is 8.46. The standard InChI is InChI=1S/C17H23N3O/c1-6-18-16-19-10-9-15(20-16)21-14-8-7-13(11-12(14)2)17(3,4)5/h7-11H,6H2,1-5H3,(H,18,19,20). The van der Waals surface area contributed by atoms with Gasteiger partial charge in [-0.25, -0.2) is 4.98 Å². The zero-order valence-corrected chi connectivity index (χ0v) is 13.4. The van der Waals surface area contributed by atoms with E-state index in [2.05, 4.69) is 55.1 Å². The molecule has 0 saturated carbocycles. The molecule has 0 aliphatic heterocycles. The van der Waals surface area contributed by atoms with Gasteiger partial charge in [0, 0.05) is 18.8 Å². The van der Waals surface area contributed by atoms with E-state index in [0.717, 1.165) is 17.9 Å². The lowest BCUT2D eigenvalue weighted by molar-refractivity contribution is 0.458. The predicted molar refractivity (Wildman–Crippen MR) is 86.1 cm³/mol. The fraction of sp³-hybridized carbons (Fsp3) is 0.412. The highest BCUT2D eigenvalue weighted by molar-refractivity contribution is 5.41. The number of aromatic nitrogens is 2. The smallest absolute Gasteiger partial charge is 0.225 e. The molecule has 0 amide bonds. The van der Waals surface area contributed by atoms with Gasteiger partial charge in [-0.1, -0.05) is 32.9 Å². The summed E-state index contributed by atoms with van der Waals surface area (Å²) in [6.45, 7) is 11.5. The minimum atomic E-state index is 0.135. The predicted octanol–water partition coefficient (Wildman–Crippen LogP) is 4.31. The van der Waals surface area contributed by atoms with E-state index in [1.54, 1.807) is 12.3 Å². The Morgan fingerprint density at radius 1 is 1.19 bits per heavy atom. The van der Waals surface area contributed by atoms with Crippen LogP contribution in [0.3, 0.4) is 0 Å². The van der Waals surface area contributed by atoms with Gasteiger partial charge < -0.3 is 10.1 Å². The number of benzene rings is 1. The van der Waals surface area contributed by atoms with Crippen molar-refractivity contribution in [2.75, 3.05) is 11.9 Å². The van der Waals surface area contributed by atoms with E-state index in [9.17, 15) is 0 Å². The summed E-state index contributed by atoms with van der Waals surface area (Å²) in [5, 5.41) is 3.08. The average Bonchev–Trinajstić information content (AvgIpc) is 2.41. The second-order valence-corrected chi connectivity index (χ2v) is 6.08. The third-order valence-corrected chi connectivity index (χ3v) is 3.22. The molecule has 0 aliphatic rings. The monoisotopic (exact) mass is 285 g/mol. The number of rotatable bonds is 4. The van der Waals surface area contributed by atoms with Crippen molar-refractivity contribution in [3.05, 3.63) is 41.6 Å². The number of anilines is 1. The summed E-state index contributed by atoms with van der Waals surface area (Å²) >= 11 is 0. The minimum absolute atomic E-state index is 0.135. The molecular weight excluding hydrogens is 262 g/mol. The van der Waals surface area contributed by atoms with Gasteiger partial charge in [-0.3, -0.25) is 0 Å². The molecule has 0 atom stereocenters. The first-order valence-electron chi connectivity index (χ1n) is 7.26. The van der Waals surface area contributed by atoms with Gasteiger partial charge in [-0.15, -0.1) is 0 Å². The largest absolute Gasteiger partial charge is 0.439 e. The van der Waals surface area contributed by atoms with Crippen LogP contribution < -0.4 is 10.1 Å². The number of nitrogens with one attached hydrogen (secondary N) is 1. The summed E-state index contributed by atoms with van der Waals surface area (Å²) in [6.07, 6.45) is 1.69. The number of aryl methyl sites for hydroxylation is 1. The van der Waals surface area contributed by atoms with Crippen LogP contribution in [-0.4, -0.2) is 16.5 Å². The first-order chi connectivity index (χ1) is 9.90. The quantitative estimate of drug-likeness (QED) is 0.909. The SMILES string of the molecule is CCNc1nccc(Oc2ccc(C(C)(C)C)cc2C)n1. The molecule has 1 N–H and O–H groups in total.